The van der Waals surface area contributed by atoms with E-state index in [9.17, 15) is 14.7 Å². The zero-order valence-corrected chi connectivity index (χ0v) is 18.2. The highest BCUT2D eigenvalue weighted by Gasteiger charge is 2.46. The zero-order chi connectivity index (χ0) is 21.4. The van der Waals surface area contributed by atoms with Gasteiger partial charge in [-0.3, -0.25) is 10.2 Å². The van der Waals surface area contributed by atoms with Gasteiger partial charge in [-0.05, 0) is 18.6 Å². The van der Waals surface area contributed by atoms with Gasteiger partial charge in [-0.1, -0.05) is 6.08 Å². The number of allylic oxidation sites excluding steroid dienone is 1. The smallest absolute Gasteiger partial charge is 0.352 e. The third-order valence-corrected chi connectivity index (χ3v) is 7.76. The van der Waals surface area contributed by atoms with Crippen LogP contribution in [-0.4, -0.2) is 61.3 Å². The van der Waals surface area contributed by atoms with Crippen LogP contribution in [0.15, 0.2) is 28.2 Å². The summed E-state index contributed by atoms with van der Waals surface area (Å²) in [5, 5.41) is 22.2. The number of thiazole rings is 2. The molecule has 0 bridgehead atoms. The van der Waals surface area contributed by atoms with E-state index in [1.54, 1.807) is 27.6 Å². The van der Waals surface area contributed by atoms with Crippen molar-refractivity contribution in [2.75, 3.05) is 18.0 Å². The molecule has 2 unspecified atom stereocenters. The fourth-order valence-corrected chi connectivity index (χ4v) is 5.84. The number of hydrogen-bond acceptors (Lipinski definition) is 10. The molecule has 2 aromatic heterocycles. The molecular formula is C18H18N6O3S3. The number of nitrogen functional groups attached to an aromatic ring is 1. The lowest BCUT2D eigenvalue weighted by molar-refractivity contribution is -0.135. The number of carbonyl (C=O) groups is 2. The molecule has 1 fully saturated rings. The molecular weight excluding hydrogens is 444 g/mol. The Bertz CT molecular complexity index is 1090. The summed E-state index contributed by atoms with van der Waals surface area (Å²) in [6.45, 7) is 2.28. The number of nitrogens with zero attached hydrogens (tertiary/aromatic N) is 3. The largest absolute Gasteiger partial charge is 0.477 e. The average molecular weight is 463 g/mol. The first-order valence-corrected chi connectivity index (χ1v) is 11.7. The minimum Gasteiger partial charge on any atom is -0.477 e. The molecule has 0 aliphatic carbocycles. The molecule has 156 valence electrons. The number of carboxylic acids is 1. The van der Waals surface area contributed by atoms with Gasteiger partial charge in [0.1, 0.15) is 17.1 Å². The molecule has 12 heteroatoms. The van der Waals surface area contributed by atoms with Gasteiger partial charge in [0.2, 0.25) is 0 Å². The molecule has 2 aromatic rings. The molecule has 5 N–H and O–H groups in total. The van der Waals surface area contributed by atoms with Crippen LogP contribution in [0.25, 0.3) is 6.08 Å². The van der Waals surface area contributed by atoms with E-state index < -0.39 is 11.9 Å². The lowest BCUT2D eigenvalue weighted by Gasteiger charge is -2.51. The van der Waals surface area contributed by atoms with Gasteiger partial charge in [0.25, 0.3) is 5.91 Å². The number of nitrogens with one attached hydrogen (secondary N) is 2. The maximum Gasteiger partial charge on any atom is 0.352 e. The first-order valence-electron chi connectivity index (χ1n) is 8.88. The number of anilines is 1. The Morgan fingerprint density at radius 3 is 2.83 bits per heavy atom. The van der Waals surface area contributed by atoms with E-state index in [2.05, 4.69) is 15.3 Å². The Hall–Kier alpha value is -2.70. The van der Waals surface area contributed by atoms with E-state index in [0.29, 0.717) is 17.4 Å². The Morgan fingerprint density at radius 1 is 1.40 bits per heavy atom. The SMILES string of the molecule is Cc1ncsc1/C=C\C1=C(C(=O)O)N2CC(NC(=O)C(=N)c3csc(N)n3)C2SC1. The van der Waals surface area contributed by atoms with Crippen LogP contribution in [0.4, 0.5) is 5.13 Å². The summed E-state index contributed by atoms with van der Waals surface area (Å²) >= 11 is 4.24. The highest BCUT2D eigenvalue weighted by molar-refractivity contribution is 8.00. The average Bonchev–Trinajstić information content (AvgIpc) is 3.31. The van der Waals surface area contributed by atoms with E-state index in [0.717, 1.165) is 16.1 Å². The molecule has 0 radical (unpaired) electrons. The molecule has 1 saturated heterocycles. The Kier molecular flexibility index (Phi) is 5.62. The number of amides is 1. The summed E-state index contributed by atoms with van der Waals surface area (Å²) < 4.78 is 0. The molecule has 0 spiro atoms. The predicted octanol–water partition coefficient (Wildman–Crippen LogP) is 1.78. The number of hydrogen-bond donors (Lipinski definition) is 4. The van der Waals surface area contributed by atoms with E-state index in [1.807, 2.05) is 19.1 Å². The fourth-order valence-electron chi connectivity index (χ4n) is 3.25. The van der Waals surface area contributed by atoms with Crippen LogP contribution in [-0.2, 0) is 9.59 Å². The summed E-state index contributed by atoms with van der Waals surface area (Å²) in [6, 6.07) is -0.248. The Morgan fingerprint density at radius 2 is 2.20 bits per heavy atom. The van der Waals surface area contributed by atoms with Gasteiger partial charge >= 0.3 is 5.97 Å². The number of nitrogens with two attached hydrogens (primary N) is 1. The minimum atomic E-state index is -0.989. The molecule has 2 atom stereocenters. The third-order valence-electron chi connectivity index (χ3n) is 4.79. The molecule has 30 heavy (non-hydrogen) atoms. The van der Waals surface area contributed by atoms with Gasteiger partial charge in [0.15, 0.2) is 5.13 Å². The molecule has 2 aliphatic rings. The first kappa shape index (κ1) is 20.6. The van der Waals surface area contributed by atoms with Gasteiger partial charge in [-0.15, -0.1) is 34.4 Å². The summed E-state index contributed by atoms with van der Waals surface area (Å²) in [7, 11) is 0. The van der Waals surface area contributed by atoms with Crippen molar-refractivity contribution in [1.82, 2.24) is 20.2 Å². The number of carbonyl (C=O) groups excluding carboxylic acids is 1. The number of fused-ring (bicyclic) bond motifs is 1. The van der Waals surface area contributed by atoms with E-state index in [-0.39, 0.29) is 28.5 Å². The van der Waals surface area contributed by atoms with Crippen molar-refractivity contribution in [1.29, 1.82) is 5.41 Å². The summed E-state index contributed by atoms with van der Waals surface area (Å²) in [5.41, 5.74) is 9.20. The number of carboxylic acid groups (broad SMARTS) is 1. The van der Waals surface area contributed by atoms with Crippen LogP contribution >= 0.6 is 34.4 Å². The maximum atomic E-state index is 12.4. The topological polar surface area (TPSA) is 145 Å². The Balaban J connectivity index is 1.45. The van der Waals surface area contributed by atoms with Crippen molar-refractivity contribution < 1.29 is 14.7 Å². The quantitative estimate of drug-likeness (QED) is 0.475. The molecule has 1 amide bonds. The van der Waals surface area contributed by atoms with Gasteiger partial charge in [0.05, 0.1) is 22.6 Å². The van der Waals surface area contributed by atoms with Crippen molar-refractivity contribution >= 4 is 63.2 Å². The van der Waals surface area contributed by atoms with E-state index in [1.165, 1.54) is 22.7 Å². The highest BCUT2D eigenvalue weighted by Crippen LogP contribution is 2.40. The first-order chi connectivity index (χ1) is 14.3. The van der Waals surface area contributed by atoms with Crippen LogP contribution in [0.5, 0.6) is 0 Å². The summed E-state index contributed by atoms with van der Waals surface area (Å²) in [6.07, 6.45) is 3.73. The van der Waals surface area contributed by atoms with Gasteiger partial charge < -0.3 is 21.1 Å². The van der Waals surface area contributed by atoms with Crippen molar-refractivity contribution in [3.05, 3.63) is 44.5 Å². The van der Waals surface area contributed by atoms with Crippen molar-refractivity contribution in [3.63, 3.8) is 0 Å². The Labute approximate surface area is 184 Å². The van der Waals surface area contributed by atoms with Crippen LogP contribution in [0.1, 0.15) is 16.3 Å². The number of aliphatic carboxylic acids is 1. The predicted molar refractivity (Wildman–Crippen MR) is 119 cm³/mol. The number of rotatable bonds is 6. The van der Waals surface area contributed by atoms with Crippen LogP contribution in [0.2, 0.25) is 0 Å². The zero-order valence-electron chi connectivity index (χ0n) is 15.8. The standard InChI is InChI=1S/C18H18N6O3S3/c1-8-12(30-7-21-8)3-2-9-5-28-16-10(4-24(16)14(9)17(26)27)22-15(25)13(19)11-6-29-18(20)23-11/h2-3,6-7,10,16,19H,4-5H2,1H3,(H2,20,23)(H,22,25)(H,26,27)/b3-2-,19-13?. The molecule has 4 heterocycles. The van der Waals surface area contributed by atoms with E-state index in [4.69, 9.17) is 11.1 Å². The molecule has 0 saturated carbocycles. The fraction of sp³-hybridized carbons (Fsp3) is 0.278. The number of aromatic nitrogens is 2. The molecule has 9 nitrogen and oxygen atoms in total. The normalized spacial score (nSPS) is 20.8. The summed E-state index contributed by atoms with van der Waals surface area (Å²) in [5.74, 6) is -1.02. The highest BCUT2D eigenvalue weighted by atomic mass is 32.2. The second kappa shape index (κ2) is 8.20. The van der Waals surface area contributed by atoms with Crippen molar-refractivity contribution in [3.8, 4) is 0 Å². The van der Waals surface area contributed by atoms with E-state index >= 15 is 0 Å². The van der Waals surface area contributed by atoms with Gasteiger partial charge in [-0.25, -0.2) is 14.8 Å². The van der Waals surface area contributed by atoms with Gasteiger partial charge in [-0.2, -0.15) is 0 Å². The lowest BCUT2D eigenvalue weighted by atomic mass is 10.0. The monoisotopic (exact) mass is 462 g/mol. The number of thioether (sulfide) groups is 1. The minimum absolute atomic E-state index is 0.185. The van der Waals surface area contributed by atoms with Crippen LogP contribution in [0.3, 0.4) is 0 Å². The van der Waals surface area contributed by atoms with Gasteiger partial charge in [0, 0.05) is 22.6 Å². The molecule has 0 aromatic carbocycles. The second-order valence-corrected chi connectivity index (χ2v) is 9.58. The van der Waals surface area contributed by atoms with Crippen LogP contribution in [0, 0.1) is 12.3 Å². The summed E-state index contributed by atoms with van der Waals surface area (Å²) in [4.78, 5) is 35.2. The maximum absolute atomic E-state index is 12.4. The molecule has 2 aliphatic heterocycles. The lowest BCUT2D eigenvalue weighted by Crippen LogP contribution is -2.67. The van der Waals surface area contributed by atoms with Crippen molar-refractivity contribution in [2.45, 2.75) is 18.3 Å². The van der Waals surface area contributed by atoms with Crippen molar-refractivity contribution in [2.24, 2.45) is 0 Å². The van der Waals surface area contributed by atoms with Crippen LogP contribution < -0.4 is 11.1 Å². The second-order valence-electron chi connectivity index (χ2n) is 6.69. The third kappa shape index (κ3) is 3.85. The number of aryl methyl sites for hydroxylation is 1. The molecule has 4 rings (SSSR count).